The van der Waals surface area contributed by atoms with Crippen molar-refractivity contribution in [1.82, 2.24) is 9.78 Å². The normalized spacial score (nSPS) is 18.4. The number of hydrogen-bond acceptors (Lipinski definition) is 2. The minimum absolute atomic E-state index is 0.0958. The molecule has 0 fully saturated rings. The Kier molecular flexibility index (Phi) is 3.33. The van der Waals surface area contributed by atoms with Crippen LogP contribution in [0.1, 0.15) is 41.3 Å². The molecular weight excluding hydrogens is 258 g/mol. The Labute approximate surface area is 118 Å². The summed E-state index contributed by atoms with van der Waals surface area (Å²) in [5.74, 6) is 0. The summed E-state index contributed by atoms with van der Waals surface area (Å²) < 4.78 is 1.96. The topological polar surface area (TPSA) is 43.8 Å². The third-order valence-electron chi connectivity index (χ3n) is 3.72. The minimum Gasteiger partial charge on any atom is -0.323 e. The molecule has 100 valence electrons. The lowest BCUT2D eigenvalue weighted by Gasteiger charge is -2.15. The number of aryl methyl sites for hydroxylation is 2. The van der Waals surface area contributed by atoms with Gasteiger partial charge in [-0.2, -0.15) is 5.10 Å². The van der Waals surface area contributed by atoms with E-state index in [1.165, 1.54) is 11.1 Å². The molecule has 1 aromatic heterocycles. The Hall–Kier alpha value is -1.32. The lowest BCUT2D eigenvalue weighted by atomic mass is 9.95. The maximum absolute atomic E-state index is 6.27. The van der Waals surface area contributed by atoms with Gasteiger partial charge in [0.25, 0.3) is 0 Å². The molecule has 1 aromatic carbocycles. The maximum Gasteiger partial charge on any atom is 0.0823 e. The number of nitrogens with two attached hydrogens (primary N) is 1. The molecule has 0 spiro atoms. The summed E-state index contributed by atoms with van der Waals surface area (Å²) in [7, 11) is 0. The van der Waals surface area contributed by atoms with Gasteiger partial charge in [-0.3, -0.25) is 4.68 Å². The highest BCUT2D eigenvalue weighted by Crippen LogP contribution is 2.27. The largest absolute Gasteiger partial charge is 0.323 e. The van der Waals surface area contributed by atoms with Gasteiger partial charge in [0, 0.05) is 17.3 Å². The molecule has 1 unspecified atom stereocenters. The lowest BCUT2D eigenvalue weighted by molar-refractivity contribution is 0.549. The van der Waals surface area contributed by atoms with Crippen molar-refractivity contribution in [3.8, 4) is 0 Å². The highest BCUT2D eigenvalue weighted by Gasteiger charge is 2.20. The number of fused-ring (bicyclic) bond motifs is 1. The van der Waals surface area contributed by atoms with Crippen molar-refractivity contribution < 1.29 is 0 Å². The van der Waals surface area contributed by atoms with Crippen LogP contribution in [0.5, 0.6) is 0 Å². The fourth-order valence-electron chi connectivity index (χ4n) is 2.67. The standard InChI is InChI=1S/C15H18ClN3/c1-10-5-6-11(13(16)7-10)8-19-9-12-3-2-4-14(17)15(12)18-19/h5-7,9,14H,2-4,8,17H2,1H3. The third kappa shape index (κ3) is 2.53. The van der Waals surface area contributed by atoms with Gasteiger partial charge in [-0.1, -0.05) is 23.7 Å². The van der Waals surface area contributed by atoms with Crippen LogP contribution < -0.4 is 5.73 Å². The Morgan fingerprint density at radius 2 is 2.32 bits per heavy atom. The first-order valence-corrected chi connectivity index (χ1v) is 7.08. The van der Waals surface area contributed by atoms with Gasteiger partial charge in [0.05, 0.1) is 12.2 Å². The van der Waals surface area contributed by atoms with E-state index in [1.807, 2.05) is 17.7 Å². The third-order valence-corrected chi connectivity index (χ3v) is 4.08. The molecule has 1 heterocycles. The zero-order chi connectivity index (χ0) is 13.4. The molecule has 1 aliphatic carbocycles. The molecule has 0 bridgehead atoms. The van der Waals surface area contributed by atoms with Crippen molar-refractivity contribution in [2.45, 2.75) is 38.8 Å². The Morgan fingerprint density at radius 3 is 3.05 bits per heavy atom. The second-order valence-electron chi connectivity index (χ2n) is 5.33. The molecule has 2 aromatic rings. The predicted octanol–water partition coefficient (Wildman–Crippen LogP) is 3.23. The molecule has 0 amide bonds. The summed E-state index contributed by atoms with van der Waals surface area (Å²) in [5, 5.41) is 5.43. The fraction of sp³-hybridized carbons (Fsp3) is 0.400. The van der Waals surface area contributed by atoms with E-state index >= 15 is 0 Å². The van der Waals surface area contributed by atoms with Crippen molar-refractivity contribution in [2.24, 2.45) is 5.73 Å². The SMILES string of the molecule is Cc1ccc(Cn2cc3c(n2)C(N)CCC3)c(Cl)c1. The smallest absolute Gasteiger partial charge is 0.0823 e. The molecule has 0 aliphatic heterocycles. The van der Waals surface area contributed by atoms with Gasteiger partial charge < -0.3 is 5.73 Å². The van der Waals surface area contributed by atoms with Crippen LogP contribution in [0.4, 0.5) is 0 Å². The number of aromatic nitrogens is 2. The predicted molar refractivity (Wildman–Crippen MR) is 77.4 cm³/mol. The van der Waals surface area contributed by atoms with E-state index in [1.54, 1.807) is 0 Å². The van der Waals surface area contributed by atoms with Gasteiger partial charge in [-0.15, -0.1) is 0 Å². The molecule has 0 radical (unpaired) electrons. The highest BCUT2D eigenvalue weighted by molar-refractivity contribution is 6.31. The van der Waals surface area contributed by atoms with E-state index in [2.05, 4.69) is 23.4 Å². The maximum atomic E-state index is 6.27. The zero-order valence-corrected chi connectivity index (χ0v) is 11.8. The molecular formula is C15H18ClN3. The van der Waals surface area contributed by atoms with Gasteiger partial charge in [-0.05, 0) is 48.9 Å². The summed E-state index contributed by atoms with van der Waals surface area (Å²) in [6.45, 7) is 2.75. The van der Waals surface area contributed by atoms with Crippen molar-refractivity contribution in [3.05, 3.63) is 51.8 Å². The average Bonchev–Trinajstić information content (AvgIpc) is 2.77. The number of rotatable bonds is 2. The Balaban J connectivity index is 1.87. The van der Waals surface area contributed by atoms with Crippen LogP contribution in [0.3, 0.4) is 0 Å². The molecule has 3 rings (SSSR count). The first kappa shape index (κ1) is 12.7. The Bertz CT molecular complexity index is 603. The summed E-state index contributed by atoms with van der Waals surface area (Å²) in [6, 6.07) is 6.24. The van der Waals surface area contributed by atoms with E-state index < -0.39 is 0 Å². The molecule has 2 N–H and O–H groups in total. The molecule has 1 atom stereocenters. The molecule has 0 saturated heterocycles. The molecule has 19 heavy (non-hydrogen) atoms. The van der Waals surface area contributed by atoms with Crippen LogP contribution in [0.15, 0.2) is 24.4 Å². The highest BCUT2D eigenvalue weighted by atomic mass is 35.5. The number of nitrogens with zero attached hydrogens (tertiary/aromatic N) is 2. The quantitative estimate of drug-likeness (QED) is 0.914. The monoisotopic (exact) mass is 275 g/mol. The Morgan fingerprint density at radius 1 is 1.47 bits per heavy atom. The first-order chi connectivity index (χ1) is 9.13. The number of hydrogen-bond donors (Lipinski definition) is 1. The van der Waals surface area contributed by atoms with Gasteiger partial charge in [0.1, 0.15) is 0 Å². The fourth-order valence-corrected chi connectivity index (χ4v) is 2.96. The molecule has 0 saturated carbocycles. The van der Waals surface area contributed by atoms with Gasteiger partial charge in [0.2, 0.25) is 0 Å². The second-order valence-corrected chi connectivity index (χ2v) is 5.74. The van der Waals surface area contributed by atoms with Crippen LogP contribution in [-0.4, -0.2) is 9.78 Å². The summed E-state index contributed by atoms with van der Waals surface area (Å²) >= 11 is 6.27. The van der Waals surface area contributed by atoms with Crippen molar-refractivity contribution in [1.29, 1.82) is 0 Å². The van der Waals surface area contributed by atoms with Crippen molar-refractivity contribution in [3.63, 3.8) is 0 Å². The minimum atomic E-state index is 0.0958. The van der Waals surface area contributed by atoms with Crippen LogP contribution in [0.2, 0.25) is 5.02 Å². The second kappa shape index (κ2) is 4.99. The van der Waals surface area contributed by atoms with Gasteiger partial charge in [-0.25, -0.2) is 0 Å². The van der Waals surface area contributed by atoms with E-state index in [-0.39, 0.29) is 6.04 Å². The van der Waals surface area contributed by atoms with Crippen LogP contribution in [0.25, 0.3) is 0 Å². The van der Waals surface area contributed by atoms with E-state index in [0.717, 1.165) is 35.5 Å². The number of halogens is 1. The summed E-state index contributed by atoms with van der Waals surface area (Å²) in [4.78, 5) is 0. The summed E-state index contributed by atoms with van der Waals surface area (Å²) in [5.41, 5.74) is 10.7. The van der Waals surface area contributed by atoms with Crippen LogP contribution in [-0.2, 0) is 13.0 Å². The molecule has 3 nitrogen and oxygen atoms in total. The molecule has 4 heteroatoms. The van der Waals surface area contributed by atoms with E-state index in [0.29, 0.717) is 6.54 Å². The summed E-state index contributed by atoms with van der Waals surface area (Å²) in [6.07, 6.45) is 5.40. The van der Waals surface area contributed by atoms with Crippen molar-refractivity contribution >= 4 is 11.6 Å². The van der Waals surface area contributed by atoms with Gasteiger partial charge in [0.15, 0.2) is 0 Å². The number of benzene rings is 1. The van der Waals surface area contributed by atoms with Crippen LogP contribution in [0, 0.1) is 6.92 Å². The zero-order valence-electron chi connectivity index (χ0n) is 11.1. The lowest BCUT2D eigenvalue weighted by Crippen LogP contribution is -2.17. The van der Waals surface area contributed by atoms with Gasteiger partial charge >= 0.3 is 0 Å². The van der Waals surface area contributed by atoms with E-state index in [4.69, 9.17) is 17.3 Å². The van der Waals surface area contributed by atoms with Crippen LogP contribution >= 0.6 is 11.6 Å². The average molecular weight is 276 g/mol. The van der Waals surface area contributed by atoms with E-state index in [9.17, 15) is 0 Å². The van der Waals surface area contributed by atoms with Crippen molar-refractivity contribution in [2.75, 3.05) is 0 Å². The molecule has 1 aliphatic rings. The first-order valence-electron chi connectivity index (χ1n) is 6.70.